The average Bonchev–Trinajstić information content (AvgIpc) is 3.00. The number of thiophene rings is 1. The minimum absolute atomic E-state index is 0.0933. The van der Waals surface area contributed by atoms with Crippen LogP contribution in [0.3, 0.4) is 0 Å². The molecule has 10 heteroatoms. The van der Waals surface area contributed by atoms with Crippen LogP contribution in [-0.4, -0.2) is 19.7 Å². The van der Waals surface area contributed by atoms with Gasteiger partial charge in [0, 0.05) is 11.4 Å². The first kappa shape index (κ1) is 18.4. The highest BCUT2D eigenvalue weighted by Crippen LogP contribution is 2.35. The van der Waals surface area contributed by atoms with Crippen LogP contribution in [0.5, 0.6) is 0 Å². The van der Waals surface area contributed by atoms with E-state index in [9.17, 15) is 18.0 Å². The van der Waals surface area contributed by atoms with E-state index >= 15 is 0 Å². The van der Waals surface area contributed by atoms with Crippen molar-refractivity contribution in [1.29, 1.82) is 0 Å². The third-order valence-electron chi connectivity index (χ3n) is 4.48. The van der Waals surface area contributed by atoms with Crippen LogP contribution < -0.4 is 5.56 Å². The summed E-state index contributed by atoms with van der Waals surface area (Å²) < 4.78 is 39.5. The van der Waals surface area contributed by atoms with E-state index in [1.54, 1.807) is 15.9 Å². The SMILES string of the molecule is CCn1c(Sc2ccc(C(F)(F)F)nn2)nc2sc3c(c2c1=O)CCCC3. The summed E-state index contributed by atoms with van der Waals surface area (Å²) in [4.78, 5) is 19.6. The molecule has 0 aromatic carbocycles. The molecule has 0 saturated heterocycles. The molecule has 1 aliphatic rings. The molecular weight excluding hydrogens is 397 g/mol. The van der Waals surface area contributed by atoms with Gasteiger partial charge in [-0.3, -0.25) is 9.36 Å². The molecule has 3 heterocycles. The van der Waals surface area contributed by atoms with E-state index in [0.29, 0.717) is 21.9 Å². The second-order valence-corrected chi connectivity index (χ2v) is 8.26. The Bertz CT molecular complexity index is 1060. The number of hydrogen-bond acceptors (Lipinski definition) is 6. The zero-order chi connectivity index (χ0) is 19.2. The molecule has 0 unspecified atom stereocenters. The maximum Gasteiger partial charge on any atom is 0.435 e. The van der Waals surface area contributed by atoms with Crippen molar-refractivity contribution < 1.29 is 13.2 Å². The molecule has 0 amide bonds. The molecule has 0 saturated carbocycles. The van der Waals surface area contributed by atoms with Gasteiger partial charge in [-0.2, -0.15) is 13.2 Å². The van der Waals surface area contributed by atoms with Crippen molar-refractivity contribution in [1.82, 2.24) is 19.7 Å². The van der Waals surface area contributed by atoms with E-state index < -0.39 is 11.9 Å². The summed E-state index contributed by atoms with van der Waals surface area (Å²) in [5, 5.41) is 8.24. The number of nitrogens with zero attached hydrogens (tertiary/aromatic N) is 4. The molecule has 4 rings (SSSR count). The maximum absolute atomic E-state index is 13.0. The Kier molecular flexibility index (Phi) is 4.71. The summed E-state index contributed by atoms with van der Waals surface area (Å²) in [6.45, 7) is 2.26. The molecule has 142 valence electrons. The van der Waals surface area contributed by atoms with Gasteiger partial charge in [0.1, 0.15) is 9.86 Å². The number of aryl methyl sites for hydroxylation is 2. The number of aromatic nitrogens is 4. The third-order valence-corrected chi connectivity index (χ3v) is 6.59. The van der Waals surface area contributed by atoms with Gasteiger partial charge in [-0.1, -0.05) is 0 Å². The summed E-state index contributed by atoms with van der Waals surface area (Å²) in [6, 6.07) is 2.13. The van der Waals surface area contributed by atoms with Crippen LogP contribution in [0.2, 0.25) is 0 Å². The number of alkyl halides is 3. The zero-order valence-electron chi connectivity index (χ0n) is 14.3. The molecule has 3 aromatic heterocycles. The summed E-state index contributed by atoms with van der Waals surface area (Å²) >= 11 is 2.59. The quantitative estimate of drug-likeness (QED) is 0.600. The predicted octanol–water partition coefficient (Wildman–Crippen LogP) is 4.32. The van der Waals surface area contributed by atoms with Crippen LogP contribution in [0, 0.1) is 0 Å². The molecule has 0 fully saturated rings. The summed E-state index contributed by atoms with van der Waals surface area (Å²) in [5.74, 6) is 0. The van der Waals surface area contributed by atoms with Crippen molar-refractivity contribution in [2.24, 2.45) is 0 Å². The fraction of sp³-hybridized carbons (Fsp3) is 0.412. The largest absolute Gasteiger partial charge is 0.435 e. The number of halogens is 3. The molecule has 1 aliphatic carbocycles. The molecule has 0 N–H and O–H groups in total. The van der Waals surface area contributed by atoms with Crippen LogP contribution in [0.25, 0.3) is 10.2 Å². The van der Waals surface area contributed by atoms with Crippen molar-refractivity contribution in [3.05, 3.63) is 38.6 Å². The number of hydrogen-bond donors (Lipinski definition) is 0. The first-order valence-corrected chi connectivity index (χ1v) is 10.2. The van der Waals surface area contributed by atoms with Gasteiger partial charge in [0.15, 0.2) is 10.9 Å². The van der Waals surface area contributed by atoms with Gasteiger partial charge in [0.05, 0.1) is 5.39 Å². The van der Waals surface area contributed by atoms with Crippen LogP contribution in [0.4, 0.5) is 13.2 Å². The van der Waals surface area contributed by atoms with Gasteiger partial charge >= 0.3 is 6.18 Å². The van der Waals surface area contributed by atoms with Gasteiger partial charge in [-0.15, -0.1) is 21.5 Å². The standard InChI is InChI=1S/C17H15F3N4OS2/c1-2-24-15(25)13-9-5-3-4-6-10(9)26-14(13)21-16(24)27-12-8-7-11(22-23-12)17(18,19)20/h7-8H,2-6H2,1H3. The van der Waals surface area contributed by atoms with Gasteiger partial charge < -0.3 is 0 Å². The highest BCUT2D eigenvalue weighted by atomic mass is 32.2. The molecule has 5 nitrogen and oxygen atoms in total. The van der Waals surface area contributed by atoms with Crippen molar-refractivity contribution in [2.75, 3.05) is 0 Å². The van der Waals surface area contributed by atoms with Gasteiger partial charge in [-0.25, -0.2) is 4.98 Å². The first-order valence-electron chi connectivity index (χ1n) is 8.52. The molecule has 3 aromatic rings. The normalized spacial score (nSPS) is 14.5. The lowest BCUT2D eigenvalue weighted by Gasteiger charge is -2.12. The van der Waals surface area contributed by atoms with E-state index in [1.807, 2.05) is 6.92 Å². The number of fused-ring (bicyclic) bond motifs is 3. The Morgan fingerprint density at radius 2 is 2.00 bits per heavy atom. The van der Waals surface area contributed by atoms with E-state index in [2.05, 4.69) is 15.2 Å². The fourth-order valence-corrected chi connectivity index (χ4v) is 5.37. The molecule has 0 bridgehead atoms. The Morgan fingerprint density at radius 1 is 1.22 bits per heavy atom. The highest BCUT2D eigenvalue weighted by Gasteiger charge is 2.33. The maximum atomic E-state index is 13.0. The van der Waals surface area contributed by atoms with Gasteiger partial charge in [0.25, 0.3) is 5.56 Å². The predicted molar refractivity (Wildman–Crippen MR) is 97.4 cm³/mol. The van der Waals surface area contributed by atoms with Crippen molar-refractivity contribution >= 4 is 33.3 Å². The Labute approximate surface area is 160 Å². The third kappa shape index (κ3) is 3.36. The first-order chi connectivity index (χ1) is 12.9. The molecule has 0 spiro atoms. The van der Waals surface area contributed by atoms with E-state index in [4.69, 9.17) is 0 Å². The lowest BCUT2D eigenvalue weighted by atomic mass is 9.97. The molecule has 0 radical (unpaired) electrons. The van der Waals surface area contributed by atoms with Gasteiger partial charge in [-0.05, 0) is 62.1 Å². The second kappa shape index (κ2) is 6.90. The summed E-state index contributed by atoms with van der Waals surface area (Å²) in [6.07, 6.45) is -0.483. The molecule has 27 heavy (non-hydrogen) atoms. The monoisotopic (exact) mass is 412 g/mol. The van der Waals surface area contributed by atoms with Crippen molar-refractivity contribution in [3.8, 4) is 0 Å². The minimum atomic E-state index is -4.53. The molecular formula is C17H15F3N4OS2. The topological polar surface area (TPSA) is 60.7 Å². The van der Waals surface area contributed by atoms with Crippen LogP contribution in [0.1, 0.15) is 35.9 Å². The second-order valence-electron chi connectivity index (χ2n) is 6.19. The van der Waals surface area contributed by atoms with E-state index in [-0.39, 0.29) is 10.6 Å². The van der Waals surface area contributed by atoms with Gasteiger partial charge in [0.2, 0.25) is 0 Å². The van der Waals surface area contributed by atoms with Crippen molar-refractivity contribution in [3.63, 3.8) is 0 Å². The zero-order valence-corrected chi connectivity index (χ0v) is 16.0. The summed E-state index contributed by atoms with van der Waals surface area (Å²) in [7, 11) is 0. The lowest BCUT2D eigenvalue weighted by molar-refractivity contribution is -0.141. The number of rotatable bonds is 3. The van der Waals surface area contributed by atoms with E-state index in [0.717, 1.165) is 49.1 Å². The lowest BCUT2D eigenvalue weighted by Crippen LogP contribution is -2.23. The van der Waals surface area contributed by atoms with Crippen molar-refractivity contribution in [2.45, 2.75) is 55.5 Å². The van der Waals surface area contributed by atoms with Crippen LogP contribution in [-0.2, 0) is 25.6 Å². The highest BCUT2D eigenvalue weighted by molar-refractivity contribution is 7.99. The summed E-state index contributed by atoms with van der Waals surface area (Å²) in [5.41, 5.74) is -0.0230. The Balaban J connectivity index is 1.76. The van der Waals surface area contributed by atoms with Crippen LogP contribution in [0.15, 0.2) is 27.1 Å². The van der Waals surface area contributed by atoms with Crippen LogP contribution >= 0.6 is 23.1 Å². The molecule has 0 atom stereocenters. The molecule has 0 aliphatic heterocycles. The Hall–Kier alpha value is -1.94. The average molecular weight is 412 g/mol. The smallest absolute Gasteiger partial charge is 0.287 e. The van der Waals surface area contributed by atoms with E-state index in [1.165, 1.54) is 10.9 Å². The fourth-order valence-electron chi connectivity index (χ4n) is 3.20. The minimum Gasteiger partial charge on any atom is -0.287 e. The Morgan fingerprint density at radius 3 is 2.67 bits per heavy atom.